The van der Waals surface area contributed by atoms with E-state index >= 15 is 0 Å². The summed E-state index contributed by atoms with van der Waals surface area (Å²) >= 11 is 0. The normalized spacial score (nSPS) is 14.2. The van der Waals surface area contributed by atoms with E-state index in [1.54, 1.807) is 6.08 Å². The molecule has 1 N–H and O–H groups in total. The minimum absolute atomic E-state index is 0.127. The molecule has 0 saturated carbocycles. The molecule has 0 unspecified atom stereocenters. The third-order valence-electron chi connectivity index (χ3n) is 4.22. The minimum atomic E-state index is -1.86. The van der Waals surface area contributed by atoms with E-state index in [0.29, 0.717) is 16.6 Å². The van der Waals surface area contributed by atoms with Crippen molar-refractivity contribution in [3.8, 4) is 11.8 Å². The molecule has 0 radical (unpaired) electrons. The van der Waals surface area contributed by atoms with E-state index in [9.17, 15) is 4.79 Å². The molecule has 0 aromatic rings. The molecule has 0 heterocycles. The summed E-state index contributed by atoms with van der Waals surface area (Å²) in [5.74, 6) is 3.58. The first-order valence-corrected chi connectivity index (χ1v) is 10.3. The standard InChI is InChI=1S/C18H32O3Si/c1-13(2)22(14(3)4,15(5)6)21-17(8)12-16(7)10-9-11-18(19)20/h10,13-15,17H,12H2,1-8H3,(H,19,20)/t17-/m0/s1. The zero-order valence-electron chi connectivity index (χ0n) is 15.4. The summed E-state index contributed by atoms with van der Waals surface area (Å²) < 4.78 is 6.65. The Morgan fingerprint density at radius 2 is 1.55 bits per heavy atom. The largest absolute Gasteiger partial charge is 0.472 e. The fraction of sp³-hybridized carbons (Fsp3) is 0.722. The van der Waals surface area contributed by atoms with Crippen LogP contribution in [0.5, 0.6) is 0 Å². The van der Waals surface area contributed by atoms with Crippen molar-refractivity contribution in [2.24, 2.45) is 0 Å². The number of rotatable bonds is 7. The van der Waals surface area contributed by atoms with E-state index in [2.05, 4.69) is 60.3 Å². The van der Waals surface area contributed by atoms with Crippen LogP contribution in [-0.4, -0.2) is 25.5 Å². The van der Waals surface area contributed by atoms with Crippen molar-refractivity contribution in [2.45, 2.75) is 84.5 Å². The van der Waals surface area contributed by atoms with Crippen LogP contribution in [0.25, 0.3) is 0 Å². The van der Waals surface area contributed by atoms with Crippen LogP contribution >= 0.6 is 0 Å². The zero-order chi connectivity index (χ0) is 17.5. The first-order valence-electron chi connectivity index (χ1n) is 8.11. The second kappa shape index (κ2) is 9.17. The lowest BCUT2D eigenvalue weighted by molar-refractivity contribution is -0.130. The van der Waals surface area contributed by atoms with Crippen molar-refractivity contribution in [1.29, 1.82) is 0 Å². The molecular formula is C18H32O3Si. The topological polar surface area (TPSA) is 46.5 Å². The van der Waals surface area contributed by atoms with E-state index in [1.807, 2.05) is 6.92 Å². The van der Waals surface area contributed by atoms with E-state index in [0.717, 1.165) is 12.0 Å². The highest BCUT2D eigenvalue weighted by molar-refractivity contribution is 6.77. The second-order valence-electron chi connectivity index (χ2n) is 7.02. The summed E-state index contributed by atoms with van der Waals surface area (Å²) in [5.41, 5.74) is 2.74. The molecule has 0 fully saturated rings. The molecular weight excluding hydrogens is 292 g/mol. The quantitative estimate of drug-likeness (QED) is 0.530. The molecule has 0 amide bonds. The molecule has 126 valence electrons. The summed E-state index contributed by atoms with van der Waals surface area (Å²) in [7, 11) is -1.86. The lowest BCUT2D eigenvalue weighted by atomic mass is 10.1. The number of carboxylic acid groups (broad SMARTS) is 1. The van der Waals surface area contributed by atoms with Gasteiger partial charge in [-0.05, 0) is 43.0 Å². The molecule has 0 saturated heterocycles. The molecule has 22 heavy (non-hydrogen) atoms. The summed E-state index contributed by atoms with van der Waals surface area (Å²) in [5, 5.41) is 8.52. The van der Waals surface area contributed by atoms with Crippen LogP contribution in [0.2, 0.25) is 16.6 Å². The second-order valence-corrected chi connectivity index (χ2v) is 12.4. The lowest BCUT2D eigenvalue weighted by Crippen LogP contribution is -2.49. The van der Waals surface area contributed by atoms with Gasteiger partial charge >= 0.3 is 5.97 Å². The van der Waals surface area contributed by atoms with Crippen molar-refractivity contribution in [3.63, 3.8) is 0 Å². The molecule has 0 aromatic carbocycles. The highest BCUT2D eigenvalue weighted by atomic mass is 28.4. The summed E-state index contributed by atoms with van der Waals surface area (Å²) in [6.45, 7) is 17.7. The summed E-state index contributed by atoms with van der Waals surface area (Å²) in [4.78, 5) is 10.4. The van der Waals surface area contributed by atoms with Crippen LogP contribution in [0.1, 0.15) is 61.8 Å². The molecule has 1 atom stereocenters. The predicted octanol–water partition coefficient (Wildman–Crippen LogP) is 4.99. The van der Waals surface area contributed by atoms with Gasteiger partial charge in [0.15, 0.2) is 0 Å². The molecule has 0 aliphatic carbocycles. The number of carbonyl (C=O) groups is 1. The SMILES string of the molecule is CC(=CC#CC(=O)O)C[C@H](C)O[Si](C(C)C)(C(C)C)C(C)C. The highest BCUT2D eigenvalue weighted by Gasteiger charge is 2.45. The van der Waals surface area contributed by atoms with Gasteiger partial charge in [-0.25, -0.2) is 4.79 Å². The number of hydrogen-bond donors (Lipinski definition) is 1. The maximum Gasteiger partial charge on any atom is 0.382 e. The maximum atomic E-state index is 10.4. The molecule has 0 aliphatic heterocycles. The van der Waals surface area contributed by atoms with Gasteiger partial charge in [0, 0.05) is 12.0 Å². The Morgan fingerprint density at radius 3 is 1.91 bits per heavy atom. The van der Waals surface area contributed by atoms with Crippen LogP contribution in [0, 0.1) is 11.8 Å². The van der Waals surface area contributed by atoms with Gasteiger partial charge in [-0.1, -0.05) is 53.0 Å². The van der Waals surface area contributed by atoms with Gasteiger partial charge < -0.3 is 9.53 Å². The average molecular weight is 325 g/mol. The first kappa shape index (κ1) is 20.9. The monoisotopic (exact) mass is 324 g/mol. The average Bonchev–Trinajstić information content (AvgIpc) is 2.33. The van der Waals surface area contributed by atoms with Gasteiger partial charge in [0.05, 0.1) is 0 Å². The van der Waals surface area contributed by atoms with Crippen molar-refractivity contribution in [1.82, 2.24) is 0 Å². The van der Waals surface area contributed by atoms with Crippen molar-refractivity contribution >= 4 is 14.3 Å². The minimum Gasteiger partial charge on any atom is -0.472 e. The Kier molecular flexibility index (Phi) is 8.73. The molecule has 0 spiro atoms. The third kappa shape index (κ3) is 5.98. The predicted molar refractivity (Wildman–Crippen MR) is 95.4 cm³/mol. The highest BCUT2D eigenvalue weighted by Crippen LogP contribution is 2.43. The van der Waals surface area contributed by atoms with E-state index < -0.39 is 14.3 Å². The van der Waals surface area contributed by atoms with Crippen LogP contribution in [-0.2, 0) is 9.22 Å². The van der Waals surface area contributed by atoms with E-state index in [-0.39, 0.29) is 6.10 Å². The van der Waals surface area contributed by atoms with Crippen LogP contribution < -0.4 is 0 Å². The van der Waals surface area contributed by atoms with Crippen molar-refractivity contribution < 1.29 is 14.3 Å². The summed E-state index contributed by atoms with van der Waals surface area (Å²) in [6, 6.07) is 0. The number of allylic oxidation sites excluding steroid dienone is 1. The number of hydrogen-bond acceptors (Lipinski definition) is 2. The van der Waals surface area contributed by atoms with Crippen LogP contribution in [0.4, 0.5) is 0 Å². The van der Waals surface area contributed by atoms with Gasteiger partial charge in [-0.15, -0.1) is 0 Å². The fourth-order valence-electron chi connectivity index (χ4n) is 3.53. The summed E-state index contributed by atoms with van der Waals surface area (Å²) in [6.07, 6.45) is 2.59. The van der Waals surface area contributed by atoms with Crippen LogP contribution in [0.15, 0.2) is 11.6 Å². The smallest absolute Gasteiger partial charge is 0.382 e. The van der Waals surface area contributed by atoms with Crippen molar-refractivity contribution in [3.05, 3.63) is 11.6 Å². The molecule has 0 aliphatic rings. The van der Waals surface area contributed by atoms with Gasteiger partial charge in [-0.3, -0.25) is 0 Å². The Balaban J connectivity index is 5.04. The number of aliphatic carboxylic acids is 1. The van der Waals surface area contributed by atoms with Crippen molar-refractivity contribution in [2.75, 3.05) is 0 Å². The Bertz CT molecular complexity index is 431. The molecule has 0 aromatic heterocycles. The zero-order valence-corrected chi connectivity index (χ0v) is 16.4. The first-order chi connectivity index (χ1) is 10.0. The fourth-order valence-corrected chi connectivity index (χ4v) is 9.13. The van der Waals surface area contributed by atoms with E-state index in [4.69, 9.17) is 9.53 Å². The lowest BCUT2D eigenvalue weighted by Gasteiger charge is -2.44. The Hall–Kier alpha value is -1.05. The van der Waals surface area contributed by atoms with Gasteiger partial charge in [0.25, 0.3) is 0 Å². The number of carboxylic acids is 1. The van der Waals surface area contributed by atoms with Gasteiger partial charge in [0.2, 0.25) is 8.32 Å². The van der Waals surface area contributed by atoms with Gasteiger partial charge in [0.1, 0.15) is 0 Å². The molecule has 0 bridgehead atoms. The maximum absolute atomic E-state index is 10.4. The molecule has 0 rings (SSSR count). The van der Waals surface area contributed by atoms with E-state index in [1.165, 1.54) is 0 Å². The Morgan fingerprint density at radius 1 is 1.09 bits per heavy atom. The van der Waals surface area contributed by atoms with Gasteiger partial charge in [-0.2, -0.15) is 0 Å². The third-order valence-corrected chi connectivity index (χ3v) is 10.4. The van der Waals surface area contributed by atoms with Crippen LogP contribution in [0.3, 0.4) is 0 Å². The Labute approximate surface area is 137 Å². The molecule has 3 nitrogen and oxygen atoms in total. The molecule has 4 heteroatoms.